The van der Waals surface area contributed by atoms with Gasteiger partial charge >= 0.3 is 0 Å². The minimum absolute atomic E-state index is 0.124. The van der Waals surface area contributed by atoms with E-state index in [9.17, 15) is 0 Å². The van der Waals surface area contributed by atoms with Gasteiger partial charge in [0.05, 0.1) is 18.1 Å². The van der Waals surface area contributed by atoms with E-state index < -0.39 is 0 Å². The van der Waals surface area contributed by atoms with Crippen molar-refractivity contribution in [2.75, 3.05) is 13.2 Å². The Balaban J connectivity index is 1.97. The highest BCUT2D eigenvalue weighted by atomic mass is 79.9. The molecule has 0 saturated carbocycles. The van der Waals surface area contributed by atoms with Gasteiger partial charge in [-0.25, -0.2) is 0 Å². The van der Waals surface area contributed by atoms with Gasteiger partial charge in [-0.2, -0.15) is 0 Å². The third-order valence-electron chi connectivity index (χ3n) is 2.64. The zero-order valence-corrected chi connectivity index (χ0v) is 11.9. The van der Waals surface area contributed by atoms with Crippen molar-refractivity contribution in [3.63, 3.8) is 0 Å². The molecule has 1 aliphatic heterocycles. The van der Waals surface area contributed by atoms with Crippen molar-refractivity contribution in [2.45, 2.75) is 38.9 Å². The van der Waals surface area contributed by atoms with Crippen molar-refractivity contribution < 1.29 is 9.47 Å². The van der Waals surface area contributed by atoms with Crippen molar-refractivity contribution in [1.82, 2.24) is 0 Å². The summed E-state index contributed by atoms with van der Waals surface area (Å²) in [5.41, 5.74) is 0. The standard InChI is InChI=1S/C12H17BrO2S/c1-2-3-4-5-10-9(13)8-11(16-10)12-14-6-7-15-12/h8,12H,2-7H2,1H3. The van der Waals surface area contributed by atoms with E-state index in [1.807, 2.05) is 11.3 Å². The normalized spacial score (nSPS) is 17.1. The van der Waals surface area contributed by atoms with E-state index in [2.05, 4.69) is 28.9 Å². The van der Waals surface area contributed by atoms with Crippen LogP contribution in [0.1, 0.15) is 42.2 Å². The lowest BCUT2D eigenvalue weighted by Gasteiger charge is -2.04. The van der Waals surface area contributed by atoms with Gasteiger partial charge in [-0.05, 0) is 34.8 Å². The Labute approximate surface area is 109 Å². The predicted octanol–water partition coefficient (Wildman–Crippen LogP) is 4.29. The molecule has 1 fully saturated rings. The van der Waals surface area contributed by atoms with Crippen molar-refractivity contribution in [2.24, 2.45) is 0 Å². The summed E-state index contributed by atoms with van der Waals surface area (Å²) in [6.07, 6.45) is 4.87. The summed E-state index contributed by atoms with van der Waals surface area (Å²) in [5.74, 6) is 0. The molecule has 0 unspecified atom stereocenters. The molecule has 4 heteroatoms. The Bertz CT molecular complexity index is 332. The van der Waals surface area contributed by atoms with E-state index >= 15 is 0 Å². The van der Waals surface area contributed by atoms with Gasteiger partial charge in [0.25, 0.3) is 0 Å². The monoisotopic (exact) mass is 304 g/mol. The Morgan fingerprint density at radius 3 is 2.81 bits per heavy atom. The molecule has 0 radical (unpaired) electrons. The first-order valence-corrected chi connectivity index (χ1v) is 7.43. The molecule has 2 heterocycles. The summed E-state index contributed by atoms with van der Waals surface area (Å²) in [6.45, 7) is 3.66. The third-order valence-corrected chi connectivity index (χ3v) is 4.82. The van der Waals surface area contributed by atoms with E-state index in [0.29, 0.717) is 13.2 Å². The number of aryl methyl sites for hydroxylation is 1. The quantitative estimate of drug-likeness (QED) is 0.756. The first kappa shape index (κ1) is 12.6. The van der Waals surface area contributed by atoms with E-state index in [0.717, 1.165) is 6.42 Å². The minimum Gasteiger partial charge on any atom is -0.345 e. The number of hydrogen-bond acceptors (Lipinski definition) is 3. The molecule has 0 amide bonds. The molecule has 0 spiro atoms. The minimum atomic E-state index is -0.124. The van der Waals surface area contributed by atoms with E-state index in [1.54, 1.807) is 0 Å². The van der Waals surface area contributed by atoms with Crippen LogP contribution in [0.25, 0.3) is 0 Å². The van der Waals surface area contributed by atoms with Gasteiger partial charge < -0.3 is 9.47 Å². The number of unbranched alkanes of at least 4 members (excludes halogenated alkanes) is 2. The summed E-state index contributed by atoms with van der Waals surface area (Å²) in [7, 11) is 0. The van der Waals surface area contributed by atoms with Gasteiger partial charge in [0.1, 0.15) is 0 Å². The largest absolute Gasteiger partial charge is 0.345 e. The zero-order chi connectivity index (χ0) is 11.4. The number of hydrogen-bond donors (Lipinski definition) is 0. The molecular formula is C12H17BrO2S. The highest BCUT2D eigenvalue weighted by molar-refractivity contribution is 9.10. The maximum absolute atomic E-state index is 5.50. The molecule has 16 heavy (non-hydrogen) atoms. The van der Waals surface area contributed by atoms with Gasteiger partial charge in [0.15, 0.2) is 6.29 Å². The molecule has 1 aromatic rings. The Hall–Kier alpha value is 0.100. The Morgan fingerprint density at radius 2 is 2.12 bits per heavy atom. The zero-order valence-electron chi connectivity index (χ0n) is 9.50. The molecule has 1 aliphatic rings. The fraction of sp³-hybridized carbons (Fsp3) is 0.667. The van der Waals surface area contributed by atoms with Crippen LogP contribution in [0.3, 0.4) is 0 Å². The maximum atomic E-state index is 5.50. The van der Waals surface area contributed by atoms with Gasteiger partial charge in [-0.3, -0.25) is 0 Å². The molecule has 1 saturated heterocycles. The summed E-state index contributed by atoms with van der Waals surface area (Å²) < 4.78 is 12.2. The molecule has 0 atom stereocenters. The lowest BCUT2D eigenvalue weighted by molar-refractivity contribution is -0.0413. The lowest BCUT2D eigenvalue weighted by Crippen LogP contribution is -1.93. The maximum Gasteiger partial charge on any atom is 0.193 e. The van der Waals surface area contributed by atoms with Crippen LogP contribution in [0.4, 0.5) is 0 Å². The van der Waals surface area contributed by atoms with Gasteiger partial charge in [0.2, 0.25) is 0 Å². The van der Waals surface area contributed by atoms with Crippen LogP contribution < -0.4 is 0 Å². The van der Waals surface area contributed by atoms with Crippen LogP contribution in [0, 0.1) is 0 Å². The molecule has 0 aliphatic carbocycles. The van der Waals surface area contributed by atoms with Crippen molar-refractivity contribution in [3.05, 3.63) is 20.3 Å². The molecule has 0 N–H and O–H groups in total. The molecule has 2 nitrogen and oxygen atoms in total. The van der Waals surface area contributed by atoms with E-state index in [-0.39, 0.29) is 6.29 Å². The van der Waals surface area contributed by atoms with Gasteiger partial charge in [0, 0.05) is 9.35 Å². The third kappa shape index (κ3) is 3.06. The van der Waals surface area contributed by atoms with Crippen LogP contribution in [-0.4, -0.2) is 13.2 Å². The average molecular weight is 305 g/mol. The second-order valence-corrected chi connectivity index (χ2v) is 5.97. The number of ether oxygens (including phenoxy) is 2. The molecule has 2 rings (SSSR count). The molecule has 1 aromatic heterocycles. The molecule has 90 valence electrons. The second-order valence-electron chi connectivity index (χ2n) is 3.95. The molecule has 0 bridgehead atoms. The second kappa shape index (κ2) is 6.15. The van der Waals surface area contributed by atoms with Crippen LogP contribution in [0.15, 0.2) is 10.5 Å². The number of thiophene rings is 1. The van der Waals surface area contributed by atoms with Crippen LogP contribution in [-0.2, 0) is 15.9 Å². The van der Waals surface area contributed by atoms with Crippen LogP contribution >= 0.6 is 27.3 Å². The van der Waals surface area contributed by atoms with E-state index in [4.69, 9.17) is 9.47 Å². The Morgan fingerprint density at radius 1 is 1.38 bits per heavy atom. The number of halogens is 1. The van der Waals surface area contributed by atoms with Gasteiger partial charge in [-0.15, -0.1) is 11.3 Å². The summed E-state index contributed by atoms with van der Waals surface area (Å²) >= 11 is 5.43. The highest BCUT2D eigenvalue weighted by Crippen LogP contribution is 2.35. The highest BCUT2D eigenvalue weighted by Gasteiger charge is 2.21. The fourth-order valence-corrected chi connectivity index (χ4v) is 3.71. The van der Waals surface area contributed by atoms with Crippen molar-refractivity contribution in [1.29, 1.82) is 0 Å². The SMILES string of the molecule is CCCCCc1sc(C2OCCO2)cc1Br. The van der Waals surface area contributed by atoms with Crippen molar-refractivity contribution in [3.8, 4) is 0 Å². The van der Waals surface area contributed by atoms with Crippen LogP contribution in [0.5, 0.6) is 0 Å². The molecular weight excluding hydrogens is 288 g/mol. The fourth-order valence-electron chi connectivity index (χ4n) is 1.77. The molecule has 0 aromatic carbocycles. The van der Waals surface area contributed by atoms with Gasteiger partial charge in [-0.1, -0.05) is 19.8 Å². The van der Waals surface area contributed by atoms with Crippen molar-refractivity contribution >= 4 is 27.3 Å². The topological polar surface area (TPSA) is 18.5 Å². The summed E-state index contributed by atoms with van der Waals surface area (Å²) in [6, 6.07) is 2.14. The van der Waals surface area contributed by atoms with Crippen LogP contribution in [0.2, 0.25) is 0 Å². The lowest BCUT2D eigenvalue weighted by atomic mass is 10.2. The predicted molar refractivity (Wildman–Crippen MR) is 69.9 cm³/mol. The average Bonchev–Trinajstić information content (AvgIpc) is 2.88. The summed E-state index contributed by atoms with van der Waals surface area (Å²) in [5, 5.41) is 0. The Kier molecular flexibility index (Phi) is 4.82. The summed E-state index contributed by atoms with van der Waals surface area (Å²) in [4.78, 5) is 2.61. The number of rotatable bonds is 5. The first-order chi connectivity index (χ1) is 7.81. The first-order valence-electron chi connectivity index (χ1n) is 5.82. The smallest absolute Gasteiger partial charge is 0.193 e. The van der Waals surface area contributed by atoms with E-state index in [1.165, 1.54) is 33.5 Å².